The van der Waals surface area contributed by atoms with Gasteiger partial charge in [-0.15, -0.1) is 0 Å². The molecular formula is C22H33N3O3. The Morgan fingerprint density at radius 2 is 1.75 bits per heavy atom. The van der Waals surface area contributed by atoms with Gasteiger partial charge in [0.1, 0.15) is 6.54 Å². The van der Waals surface area contributed by atoms with Gasteiger partial charge in [-0.25, -0.2) is 4.79 Å². The maximum atomic E-state index is 12.4. The average Bonchev–Trinajstić information content (AvgIpc) is 2.85. The molecule has 0 radical (unpaired) electrons. The Kier molecular flexibility index (Phi) is 6.86. The van der Waals surface area contributed by atoms with Crippen molar-refractivity contribution < 1.29 is 14.4 Å². The lowest BCUT2D eigenvalue weighted by atomic mass is 9.85. The van der Waals surface area contributed by atoms with E-state index >= 15 is 0 Å². The van der Waals surface area contributed by atoms with Crippen molar-refractivity contribution in [1.29, 1.82) is 0 Å². The molecule has 1 aliphatic heterocycles. The molecule has 28 heavy (non-hydrogen) atoms. The topological polar surface area (TPSA) is 69.7 Å². The summed E-state index contributed by atoms with van der Waals surface area (Å²) in [5.41, 5.74) is 2.44. The number of nitrogens with zero attached hydrogens (tertiary/aromatic N) is 2. The Morgan fingerprint density at radius 3 is 2.21 bits per heavy atom. The summed E-state index contributed by atoms with van der Waals surface area (Å²) in [6, 6.07) is 8.06. The molecule has 1 aromatic carbocycles. The van der Waals surface area contributed by atoms with Crippen LogP contribution in [0, 0.1) is 5.92 Å². The second kappa shape index (κ2) is 8.76. The molecule has 0 aliphatic carbocycles. The van der Waals surface area contributed by atoms with Gasteiger partial charge in [0.25, 0.3) is 0 Å². The van der Waals surface area contributed by atoms with Gasteiger partial charge in [0.05, 0.1) is 6.04 Å². The molecular weight excluding hydrogens is 354 g/mol. The maximum Gasteiger partial charge on any atom is 0.326 e. The van der Waals surface area contributed by atoms with Gasteiger partial charge < -0.3 is 10.2 Å². The lowest BCUT2D eigenvalue weighted by molar-refractivity contribution is -0.126. The highest BCUT2D eigenvalue weighted by molar-refractivity contribution is 6.01. The summed E-state index contributed by atoms with van der Waals surface area (Å²) in [5, 5.41) is 3.11. The summed E-state index contributed by atoms with van der Waals surface area (Å²) in [6.45, 7) is 11.1. The van der Waals surface area contributed by atoms with Crippen LogP contribution in [0.4, 0.5) is 4.79 Å². The van der Waals surface area contributed by atoms with Crippen LogP contribution in [0.1, 0.15) is 64.6 Å². The van der Waals surface area contributed by atoms with E-state index < -0.39 is 0 Å². The summed E-state index contributed by atoms with van der Waals surface area (Å²) in [6.07, 6.45) is 0.745. The zero-order valence-electron chi connectivity index (χ0n) is 17.9. The number of amides is 4. The molecule has 2 rings (SSSR count). The largest absolute Gasteiger partial charge is 0.349 e. The van der Waals surface area contributed by atoms with Gasteiger partial charge in [0, 0.05) is 20.0 Å². The van der Waals surface area contributed by atoms with Crippen LogP contribution >= 0.6 is 0 Å². The van der Waals surface area contributed by atoms with Crippen molar-refractivity contribution in [2.75, 3.05) is 20.1 Å². The number of likely N-dealkylation sites (N-methyl/N-ethyl adjacent to an activating group) is 1. The van der Waals surface area contributed by atoms with Gasteiger partial charge in [-0.1, -0.05) is 58.9 Å². The normalized spacial score (nSPS) is 16.1. The van der Waals surface area contributed by atoms with Crippen molar-refractivity contribution in [1.82, 2.24) is 15.1 Å². The third-order valence-electron chi connectivity index (χ3n) is 5.14. The van der Waals surface area contributed by atoms with E-state index in [1.54, 1.807) is 7.05 Å². The summed E-state index contributed by atoms with van der Waals surface area (Å²) >= 11 is 0. The van der Waals surface area contributed by atoms with E-state index in [9.17, 15) is 14.4 Å². The van der Waals surface area contributed by atoms with Crippen molar-refractivity contribution in [2.45, 2.75) is 58.9 Å². The van der Waals surface area contributed by atoms with Crippen LogP contribution in [0.15, 0.2) is 24.3 Å². The van der Waals surface area contributed by atoms with Crippen LogP contribution in [-0.2, 0) is 15.0 Å². The zero-order valence-corrected chi connectivity index (χ0v) is 17.9. The summed E-state index contributed by atoms with van der Waals surface area (Å²) in [4.78, 5) is 38.7. The molecule has 0 bridgehead atoms. The maximum absolute atomic E-state index is 12.4. The highest BCUT2D eigenvalue weighted by atomic mass is 16.2. The van der Waals surface area contributed by atoms with Gasteiger partial charge in [-0.05, 0) is 28.9 Å². The van der Waals surface area contributed by atoms with Crippen molar-refractivity contribution in [3.8, 4) is 0 Å². The van der Waals surface area contributed by atoms with E-state index in [1.807, 2.05) is 0 Å². The Morgan fingerprint density at radius 1 is 1.14 bits per heavy atom. The van der Waals surface area contributed by atoms with Gasteiger partial charge in [-0.2, -0.15) is 0 Å². The van der Waals surface area contributed by atoms with E-state index in [0.29, 0.717) is 6.42 Å². The first-order chi connectivity index (χ1) is 13.0. The zero-order chi connectivity index (χ0) is 21.1. The van der Waals surface area contributed by atoms with Gasteiger partial charge in [-0.3, -0.25) is 14.5 Å². The van der Waals surface area contributed by atoms with Crippen LogP contribution < -0.4 is 5.32 Å². The molecule has 1 aromatic rings. The quantitative estimate of drug-likeness (QED) is 0.728. The van der Waals surface area contributed by atoms with Gasteiger partial charge in [0.15, 0.2) is 0 Å². The molecule has 1 fully saturated rings. The molecule has 0 saturated carbocycles. The molecule has 1 N–H and O–H groups in total. The lowest BCUT2D eigenvalue weighted by Gasteiger charge is -2.25. The molecule has 1 atom stereocenters. The van der Waals surface area contributed by atoms with E-state index in [2.05, 4.69) is 64.2 Å². The second-order valence-electron chi connectivity index (χ2n) is 8.95. The van der Waals surface area contributed by atoms with Crippen LogP contribution in [-0.4, -0.2) is 47.8 Å². The Balaban J connectivity index is 1.92. The number of imide groups is 1. The van der Waals surface area contributed by atoms with E-state index in [-0.39, 0.29) is 54.7 Å². The minimum Gasteiger partial charge on any atom is -0.349 e. The van der Waals surface area contributed by atoms with Crippen LogP contribution in [0.5, 0.6) is 0 Å². The van der Waals surface area contributed by atoms with Crippen LogP contribution in [0.2, 0.25) is 0 Å². The molecule has 0 aromatic heterocycles. The van der Waals surface area contributed by atoms with Crippen molar-refractivity contribution in [3.63, 3.8) is 0 Å². The number of carbonyl (C=O) groups excluding carboxylic acids is 3. The summed E-state index contributed by atoms with van der Waals surface area (Å²) in [5.74, 6) is -0.0159. The fourth-order valence-corrected chi connectivity index (χ4v) is 3.36. The standard InChI is InChI=1S/C22H33N3O3/c1-15(2)20(16-9-11-17(12-10-16)22(3,4)5)23-18(26)8-7-13-25-19(27)14-24(6)21(25)28/h9-12,15,20H,7-8,13-14H2,1-6H3,(H,23,26). The molecule has 1 heterocycles. The summed E-state index contributed by atoms with van der Waals surface area (Å²) < 4.78 is 0. The predicted octanol–water partition coefficient (Wildman–Crippen LogP) is 3.47. The molecule has 6 nitrogen and oxygen atoms in total. The van der Waals surface area contributed by atoms with Gasteiger partial charge in [0.2, 0.25) is 11.8 Å². The molecule has 0 spiro atoms. The highest BCUT2D eigenvalue weighted by Crippen LogP contribution is 2.27. The molecule has 4 amide bonds. The van der Waals surface area contributed by atoms with E-state index in [4.69, 9.17) is 0 Å². The fraction of sp³-hybridized carbons (Fsp3) is 0.591. The molecule has 1 aliphatic rings. The van der Waals surface area contributed by atoms with E-state index in [1.165, 1.54) is 15.4 Å². The monoisotopic (exact) mass is 387 g/mol. The van der Waals surface area contributed by atoms with Crippen LogP contribution in [0.3, 0.4) is 0 Å². The smallest absolute Gasteiger partial charge is 0.326 e. The first-order valence-electron chi connectivity index (χ1n) is 9.96. The van der Waals surface area contributed by atoms with Gasteiger partial charge >= 0.3 is 6.03 Å². The number of nitrogens with one attached hydrogen (secondary N) is 1. The highest BCUT2D eigenvalue weighted by Gasteiger charge is 2.33. The summed E-state index contributed by atoms with van der Waals surface area (Å²) in [7, 11) is 1.60. The third-order valence-corrected chi connectivity index (χ3v) is 5.14. The average molecular weight is 388 g/mol. The van der Waals surface area contributed by atoms with Crippen LogP contribution in [0.25, 0.3) is 0 Å². The number of carbonyl (C=O) groups is 3. The molecule has 154 valence electrons. The first-order valence-corrected chi connectivity index (χ1v) is 9.96. The number of benzene rings is 1. The molecule has 1 unspecified atom stereocenters. The molecule has 6 heteroatoms. The minimum absolute atomic E-state index is 0.0638. The Labute approximate surface area is 168 Å². The lowest BCUT2D eigenvalue weighted by Crippen LogP contribution is -2.34. The second-order valence-corrected chi connectivity index (χ2v) is 8.95. The van der Waals surface area contributed by atoms with E-state index in [0.717, 1.165) is 5.56 Å². The molecule has 1 saturated heterocycles. The van der Waals surface area contributed by atoms with Crippen molar-refractivity contribution in [3.05, 3.63) is 35.4 Å². The number of hydrogen-bond donors (Lipinski definition) is 1. The van der Waals surface area contributed by atoms with Crippen molar-refractivity contribution >= 4 is 17.8 Å². The number of rotatable bonds is 7. The first kappa shape index (κ1) is 21.9. The van der Waals surface area contributed by atoms with Crippen molar-refractivity contribution in [2.24, 2.45) is 5.92 Å². The SMILES string of the molecule is CC(C)C(NC(=O)CCCN1C(=O)CN(C)C1=O)c1ccc(C(C)(C)C)cc1. The number of hydrogen-bond acceptors (Lipinski definition) is 3. The third kappa shape index (κ3) is 5.33. The Hall–Kier alpha value is -2.37. The number of urea groups is 1. The fourth-order valence-electron chi connectivity index (χ4n) is 3.36. The predicted molar refractivity (Wildman–Crippen MR) is 110 cm³/mol. The minimum atomic E-state index is -0.288. The Bertz CT molecular complexity index is 720.